The van der Waals surface area contributed by atoms with E-state index < -0.39 is 6.29 Å². The molecule has 1 aromatic heterocycles. The Balaban J connectivity index is 0.000000817. The number of amides is 1. The Labute approximate surface area is 158 Å². The summed E-state index contributed by atoms with van der Waals surface area (Å²) >= 11 is 1.28. The molecule has 2 aliphatic heterocycles. The summed E-state index contributed by atoms with van der Waals surface area (Å²) in [6, 6.07) is 1.64. The van der Waals surface area contributed by atoms with Crippen LogP contribution in [0.4, 0.5) is 13.8 Å². The fourth-order valence-electron chi connectivity index (χ4n) is 2.10. The Kier molecular flexibility index (Phi) is 6.79. The van der Waals surface area contributed by atoms with Crippen molar-refractivity contribution < 1.29 is 23.0 Å². The summed E-state index contributed by atoms with van der Waals surface area (Å²) in [6.07, 6.45) is 3.75. The van der Waals surface area contributed by atoms with Crippen molar-refractivity contribution >= 4 is 28.1 Å². The molecular weight excluding hydrogens is 378 g/mol. The molecule has 4 N–H and O–H groups in total. The Morgan fingerprint density at radius 1 is 1.48 bits per heavy atom. The van der Waals surface area contributed by atoms with Crippen molar-refractivity contribution in [2.45, 2.75) is 13.2 Å². The van der Waals surface area contributed by atoms with Crippen molar-refractivity contribution in [2.75, 3.05) is 25.4 Å². The number of terminal acetylenes is 1. The summed E-state index contributed by atoms with van der Waals surface area (Å²) in [5, 5.41) is 7.80. The van der Waals surface area contributed by atoms with Crippen LogP contribution in [0.15, 0.2) is 40.1 Å². The van der Waals surface area contributed by atoms with Gasteiger partial charge in [0.05, 0.1) is 23.7 Å². The molecule has 2 aliphatic rings. The van der Waals surface area contributed by atoms with Crippen LogP contribution < -0.4 is 16.4 Å². The number of carbonyl (C=O) groups excluding carboxylic acids is 1. The van der Waals surface area contributed by atoms with Crippen LogP contribution in [0.5, 0.6) is 0 Å². The fraction of sp³-hybridized carbons (Fsp3) is 0.294. The van der Waals surface area contributed by atoms with Gasteiger partial charge in [-0.25, -0.2) is 0 Å². The van der Waals surface area contributed by atoms with Crippen molar-refractivity contribution in [1.82, 2.24) is 10.6 Å². The van der Waals surface area contributed by atoms with Crippen LogP contribution in [-0.4, -0.2) is 37.7 Å². The van der Waals surface area contributed by atoms with E-state index in [4.69, 9.17) is 5.73 Å². The quantitative estimate of drug-likeness (QED) is 0.680. The van der Waals surface area contributed by atoms with Crippen molar-refractivity contribution in [2.24, 2.45) is 4.99 Å². The highest BCUT2D eigenvalue weighted by atomic mass is 32.1. The first-order valence-corrected chi connectivity index (χ1v) is 8.66. The highest BCUT2D eigenvalue weighted by Crippen LogP contribution is 2.36. The molecule has 0 bridgehead atoms. The molecule has 1 amide bonds. The molecule has 0 aliphatic carbocycles. The number of ether oxygens (including phenoxy) is 2. The Morgan fingerprint density at radius 2 is 2.15 bits per heavy atom. The van der Waals surface area contributed by atoms with E-state index in [0.717, 1.165) is 0 Å². The van der Waals surface area contributed by atoms with Gasteiger partial charge in [0.2, 0.25) is 0 Å². The molecule has 0 saturated carbocycles. The first kappa shape index (κ1) is 20.3. The minimum absolute atomic E-state index is 0.0426. The molecule has 0 unspecified atom stereocenters. The largest absolute Gasteiger partial charge is 0.586 e. The monoisotopic (exact) mass is 396 g/mol. The average Bonchev–Trinajstić information content (AvgIpc) is 3.16. The minimum Gasteiger partial charge on any atom is -0.396 e. The van der Waals surface area contributed by atoms with Gasteiger partial charge in [-0.05, 0) is 30.5 Å². The van der Waals surface area contributed by atoms with E-state index in [0.29, 0.717) is 16.4 Å². The molecule has 3 rings (SSSR count). The third kappa shape index (κ3) is 5.72. The molecule has 0 atom stereocenters. The van der Waals surface area contributed by atoms with Crippen LogP contribution in [0.1, 0.15) is 17.3 Å². The van der Waals surface area contributed by atoms with Gasteiger partial charge in [-0.2, -0.15) is 0 Å². The van der Waals surface area contributed by atoms with Crippen molar-refractivity contribution in [3.05, 3.63) is 40.7 Å². The number of amidine groups is 1. The number of nitrogens with two attached hydrogens (primary N) is 1. The van der Waals surface area contributed by atoms with Crippen LogP contribution in [-0.2, 0) is 9.47 Å². The Bertz CT molecular complexity index is 824. The number of hydrogen-bond donors (Lipinski definition) is 3. The van der Waals surface area contributed by atoms with E-state index in [1.165, 1.54) is 23.5 Å². The summed E-state index contributed by atoms with van der Waals surface area (Å²) in [4.78, 5) is 16.2. The van der Waals surface area contributed by atoms with Crippen LogP contribution >= 0.6 is 11.3 Å². The van der Waals surface area contributed by atoms with Gasteiger partial charge in [0.15, 0.2) is 11.5 Å². The zero-order chi connectivity index (χ0) is 19.9. The van der Waals surface area contributed by atoms with Crippen LogP contribution in [0, 0.1) is 12.3 Å². The summed E-state index contributed by atoms with van der Waals surface area (Å²) in [7, 11) is 0. The van der Waals surface area contributed by atoms with Gasteiger partial charge in [-0.1, -0.05) is 0 Å². The third-order valence-corrected chi connectivity index (χ3v) is 3.96. The lowest BCUT2D eigenvalue weighted by Crippen LogP contribution is -2.37. The van der Waals surface area contributed by atoms with Crippen molar-refractivity contribution in [3.63, 3.8) is 0 Å². The van der Waals surface area contributed by atoms with E-state index in [-0.39, 0.29) is 37.1 Å². The molecule has 1 aromatic rings. The number of nitrogen functional groups attached to an aromatic ring is 1. The second-order valence-corrected chi connectivity index (χ2v) is 6.09. The Morgan fingerprint density at radius 3 is 2.78 bits per heavy atom. The SMILES string of the molecule is C#CC.Nc1sccc1C(=O)NCC1=NC/C=C2/OC(F)(F)O/C2=C/CN1. The number of fused-ring (bicyclic) bond motifs is 1. The average molecular weight is 396 g/mol. The van der Waals surface area contributed by atoms with Gasteiger partial charge in [0.25, 0.3) is 5.91 Å². The maximum Gasteiger partial charge on any atom is 0.586 e. The summed E-state index contributed by atoms with van der Waals surface area (Å²) in [5.74, 6) is 2.34. The molecule has 3 heterocycles. The second-order valence-electron chi connectivity index (χ2n) is 5.14. The summed E-state index contributed by atoms with van der Waals surface area (Å²) in [5.41, 5.74) is 6.11. The number of thiophene rings is 1. The predicted octanol–water partition coefficient (Wildman–Crippen LogP) is 2.07. The lowest BCUT2D eigenvalue weighted by atomic mass is 10.3. The molecule has 144 valence electrons. The molecule has 1 fully saturated rings. The van der Waals surface area contributed by atoms with E-state index in [1.807, 2.05) is 0 Å². The third-order valence-electron chi connectivity index (χ3n) is 3.21. The van der Waals surface area contributed by atoms with Crippen LogP contribution in [0.3, 0.4) is 0 Å². The fourth-order valence-corrected chi connectivity index (χ4v) is 2.74. The maximum atomic E-state index is 13.0. The topological polar surface area (TPSA) is 98.0 Å². The molecule has 0 radical (unpaired) electrons. The molecule has 1 saturated heterocycles. The molecular formula is C17H18F2N4O3S. The molecule has 10 heteroatoms. The van der Waals surface area contributed by atoms with Gasteiger partial charge in [0.1, 0.15) is 5.84 Å². The van der Waals surface area contributed by atoms with Gasteiger partial charge < -0.3 is 25.8 Å². The van der Waals surface area contributed by atoms with E-state index in [1.54, 1.807) is 18.4 Å². The lowest BCUT2D eigenvalue weighted by Gasteiger charge is -2.09. The number of alkyl halides is 2. The van der Waals surface area contributed by atoms with Crippen LogP contribution in [0.25, 0.3) is 0 Å². The number of hydrogen-bond acceptors (Lipinski definition) is 7. The predicted molar refractivity (Wildman–Crippen MR) is 99.2 cm³/mol. The molecule has 0 aromatic carbocycles. The highest BCUT2D eigenvalue weighted by molar-refractivity contribution is 7.14. The standard InChI is InChI=1S/C14H14F2N4O3S.C3H4/c15-14(16)22-9-1-4-18-11(19-5-2-10(9)23-14)7-20-13(21)8-3-6-24-12(8)17;1-3-2/h1-3,6H,4-5,7,17H2,(H,18,19)(H,20,21);1H,2H3/b9-1+,10-2+;. The van der Waals surface area contributed by atoms with E-state index in [2.05, 4.69) is 37.4 Å². The maximum absolute atomic E-state index is 13.0. The van der Waals surface area contributed by atoms with Crippen molar-refractivity contribution in [1.29, 1.82) is 0 Å². The zero-order valence-corrected chi connectivity index (χ0v) is 15.2. The van der Waals surface area contributed by atoms with Gasteiger partial charge >= 0.3 is 6.29 Å². The van der Waals surface area contributed by atoms with E-state index >= 15 is 0 Å². The van der Waals surface area contributed by atoms with E-state index in [9.17, 15) is 13.6 Å². The number of aliphatic imine (C=N–C) groups is 1. The van der Waals surface area contributed by atoms with Crippen LogP contribution in [0.2, 0.25) is 0 Å². The smallest absolute Gasteiger partial charge is 0.396 e. The molecule has 0 spiro atoms. The highest BCUT2D eigenvalue weighted by Gasteiger charge is 2.45. The summed E-state index contributed by atoms with van der Waals surface area (Å²) in [6.45, 7) is 2.10. The summed E-state index contributed by atoms with van der Waals surface area (Å²) < 4.78 is 34.9. The zero-order valence-electron chi connectivity index (χ0n) is 14.4. The lowest BCUT2D eigenvalue weighted by molar-refractivity contribution is -0.326. The number of carbonyl (C=O) groups is 1. The molecule has 27 heavy (non-hydrogen) atoms. The van der Waals surface area contributed by atoms with Crippen molar-refractivity contribution in [3.8, 4) is 12.3 Å². The first-order chi connectivity index (χ1) is 12.9. The number of nitrogens with zero attached hydrogens (tertiary/aromatic N) is 1. The number of anilines is 1. The van der Waals surface area contributed by atoms with Gasteiger partial charge in [-0.15, -0.1) is 32.5 Å². The number of halogens is 2. The minimum atomic E-state index is -3.65. The van der Waals surface area contributed by atoms with Gasteiger partial charge in [-0.3, -0.25) is 9.79 Å². The first-order valence-electron chi connectivity index (χ1n) is 7.78. The second kappa shape index (κ2) is 9.05. The molecule has 7 nitrogen and oxygen atoms in total. The number of nitrogens with one attached hydrogen (secondary N) is 2. The Hall–Kier alpha value is -3.06. The van der Waals surface area contributed by atoms with Gasteiger partial charge in [0, 0.05) is 6.54 Å². The normalized spacial score (nSPS) is 21.0. The number of rotatable bonds is 3.